The van der Waals surface area contributed by atoms with Gasteiger partial charge in [-0.25, -0.2) is 0 Å². The lowest BCUT2D eigenvalue weighted by molar-refractivity contribution is -0.114. The van der Waals surface area contributed by atoms with Gasteiger partial charge in [0.1, 0.15) is 5.76 Å². The molecule has 3 heteroatoms. The van der Waals surface area contributed by atoms with Gasteiger partial charge >= 0.3 is 0 Å². The van der Waals surface area contributed by atoms with Gasteiger partial charge in [0.15, 0.2) is 11.5 Å². The molecule has 0 aliphatic heterocycles. The number of carbonyl (C=O) groups is 1. The standard InChI is InChI=1S/C17H26O3/c1-3-4-5-6-7-8-15(18)11-9-14-10-12-16(19)17(13-14)20-2/h7-8,13,19H,3-6,9-12H2,1-2H3/b8-7+. The van der Waals surface area contributed by atoms with Crippen molar-refractivity contribution >= 4 is 5.78 Å². The zero-order chi connectivity index (χ0) is 14.8. The highest BCUT2D eigenvalue weighted by molar-refractivity contribution is 5.89. The molecule has 0 heterocycles. The van der Waals surface area contributed by atoms with Crippen molar-refractivity contribution in [3.63, 3.8) is 0 Å². The fraction of sp³-hybridized carbons (Fsp3) is 0.588. The van der Waals surface area contributed by atoms with Crippen LogP contribution in [0.25, 0.3) is 0 Å². The monoisotopic (exact) mass is 278 g/mol. The van der Waals surface area contributed by atoms with Gasteiger partial charge in [-0.1, -0.05) is 31.4 Å². The molecule has 20 heavy (non-hydrogen) atoms. The number of hydrogen-bond donors (Lipinski definition) is 1. The molecule has 1 rings (SSSR count). The minimum absolute atomic E-state index is 0.181. The topological polar surface area (TPSA) is 46.5 Å². The van der Waals surface area contributed by atoms with Gasteiger partial charge in [-0.3, -0.25) is 4.79 Å². The fourth-order valence-corrected chi connectivity index (χ4v) is 2.21. The Morgan fingerprint density at radius 3 is 2.90 bits per heavy atom. The Morgan fingerprint density at radius 1 is 1.40 bits per heavy atom. The molecule has 3 nitrogen and oxygen atoms in total. The third-order valence-electron chi connectivity index (χ3n) is 3.49. The lowest BCUT2D eigenvalue weighted by atomic mass is 9.97. The van der Waals surface area contributed by atoms with Crippen molar-refractivity contribution in [1.29, 1.82) is 0 Å². The molecule has 0 spiro atoms. The van der Waals surface area contributed by atoms with Gasteiger partial charge < -0.3 is 9.84 Å². The zero-order valence-corrected chi connectivity index (χ0v) is 12.7. The second-order valence-corrected chi connectivity index (χ2v) is 5.18. The van der Waals surface area contributed by atoms with Gasteiger partial charge in [0, 0.05) is 12.8 Å². The first-order valence-corrected chi connectivity index (χ1v) is 7.52. The smallest absolute Gasteiger partial charge is 0.156 e. The van der Waals surface area contributed by atoms with Gasteiger partial charge in [0.25, 0.3) is 0 Å². The SMILES string of the molecule is CCCCC/C=C/C(=O)CCC1=CC(OC)=C(O)CC1. The van der Waals surface area contributed by atoms with E-state index in [0.29, 0.717) is 24.4 Å². The summed E-state index contributed by atoms with van der Waals surface area (Å²) in [5.74, 6) is 1.02. The van der Waals surface area contributed by atoms with Gasteiger partial charge in [0.2, 0.25) is 0 Å². The van der Waals surface area contributed by atoms with E-state index in [1.54, 1.807) is 13.2 Å². The molecule has 0 radical (unpaired) electrons. The van der Waals surface area contributed by atoms with Crippen LogP contribution in [-0.4, -0.2) is 18.0 Å². The molecule has 0 amide bonds. The second kappa shape index (κ2) is 9.40. The molecule has 0 aromatic heterocycles. The van der Waals surface area contributed by atoms with E-state index < -0.39 is 0 Å². The summed E-state index contributed by atoms with van der Waals surface area (Å²) in [5, 5.41) is 9.58. The molecule has 0 atom stereocenters. The molecule has 0 unspecified atom stereocenters. The minimum atomic E-state index is 0.181. The predicted molar refractivity (Wildman–Crippen MR) is 81.5 cm³/mol. The number of ketones is 1. The quantitative estimate of drug-likeness (QED) is 0.495. The lowest BCUT2D eigenvalue weighted by Gasteiger charge is -2.15. The molecule has 0 aromatic carbocycles. The number of aliphatic hydroxyl groups excluding tert-OH is 1. The molecular formula is C17H26O3. The molecule has 0 aromatic rings. The van der Waals surface area contributed by atoms with Crippen LogP contribution in [0.15, 0.2) is 35.3 Å². The van der Waals surface area contributed by atoms with Crippen LogP contribution in [-0.2, 0) is 9.53 Å². The van der Waals surface area contributed by atoms with Gasteiger partial charge in [-0.15, -0.1) is 0 Å². The van der Waals surface area contributed by atoms with E-state index in [1.165, 1.54) is 18.4 Å². The summed E-state index contributed by atoms with van der Waals surface area (Å²) in [6.45, 7) is 2.17. The molecule has 0 saturated heterocycles. The van der Waals surface area contributed by atoms with Gasteiger partial charge in [-0.05, 0) is 37.8 Å². The van der Waals surface area contributed by atoms with E-state index in [-0.39, 0.29) is 5.78 Å². The molecular weight excluding hydrogens is 252 g/mol. The average molecular weight is 278 g/mol. The first kappa shape index (κ1) is 16.5. The maximum Gasteiger partial charge on any atom is 0.156 e. The average Bonchev–Trinajstić information content (AvgIpc) is 2.46. The molecule has 0 fully saturated rings. The van der Waals surface area contributed by atoms with Crippen molar-refractivity contribution in [1.82, 2.24) is 0 Å². The summed E-state index contributed by atoms with van der Waals surface area (Å²) in [6.07, 6.45) is 12.8. The number of hydrogen-bond acceptors (Lipinski definition) is 3. The Balaban J connectivity index is 2.31. The molecule has 1 N–H and O–H groups in total. The number of rotatable bonds is 9. The van der Waals surface area contributed by atoms with Crippen molar-refractivity contribution in [3.05, 3.63) is 35.3 Å². The highest BCUT2D eigenvalue weighted by atomic mass is 16.5. The zero-order valence-electron chi connectivity index (χ0n) is 12.7. The van der Waals surface area contributed by atoms with Crippen LogP contribution in [0.2, 0.25) is 0 Å². The number of ether oxygens (including phenoxy) is 1. The van der Waals surface area contributed by atoms with Crippen LogP contribution in [0.4, 0.5) is 0 Å². The number of unbranched alkanes of at least 4 members (excludes halogenated alkanes) is 3. The summed E-state index contributed by atoms with van der Waals surface area (Å²) in [4.78, 5) is 11.7. The summed E-state index contributed by atoms with van der Waals surface area (Å²) in [7, 11) is 1.55. The predicted octanol–water partition coefficient (Wildman–Crippen LogP) is 4.61. The van der Waals surface area contributed by atoms with E-state index in [9.17, 15) is 9.90 Å². The molecule has 0 bridgehead atoms. The van der Waals surface area contributed by atoms with E-state index in [0.717, 1.165) is 25.7 Å². The van der Waals surface area contributed by atoms with Crippen molar-refractivity contribution < 1.29 is 14.6 Å². The van der Waals surface area contributed by atoms with Crippen molar-refractivity contribution in [2.45, 2.75) is 58.3 Å². The van der Waals surface area contributed by atoms with Crippen molar-refractivity contribution in [3.8, 4) is 0 Å². The van der Waals surface area contributed by atoms with Gasteiger partial charge in [-0.2, -0.15) is 0 Å². The third kappa shape index (κ3) is 6.09. The summed E-state index contributed by atoms with van der Waals surface area (Å²) in [6, 6.07) is 0. The first-order valence-electron chi connectivity index (χ1n) is 7.52. The molecule has 0 saturated carbocycles. The Hall–Kier alpha value is -1.51. The summed E-state index contributed by atoms with van der Waals surface area (Å²) < 4.78 is 5.10. The third-order valence-corrected chi connectivity index (χ3v) is 3.49. The van der Waals surface area contributed by atoms with Crippen molar-refractivity contribution in [2.24, 2.45) is 0 Å². The fourth-order valence-electron chi connectivity index (χ4n) is 2.21. The van der Waals surface area contributed by atoms with Crippen molar-refractivity contribution in [2.75, 3.05) is 7.11 Å². The Bertz CT molecular complexity index is 402. The number of methoxy groups -OCH3 is 1. The normalized spacial score (nSPS) is 15.6. The number of allylic oxidation sites excluding steroid dienone is 5. The summed E-state index contributed by atoms with van der Waals surface area (Å²) >= 11 is 0. The van der Waals surface area contributed by atoms with E-state index >= 15 is 0 Å². The van der Waals surface area contributed by atoms with Crippen LogP contribution < -0.4 is 0 Å². The van der Waals surface area contributed by atoms with Crippen LogP contribution in [0, 0.1) is 0 Å². The highest BCUT2D eigenvalue weighted by Gasteiger charge is 2.13. The van der Waals surface area contributed by atoms with Gasteiger partial charge in [0.05, 0.1) is 7.11 Å². The maximum atomic E-state index is 11.7. The molecule has 112 valence electrons. The van der Waals surface area contributed by atoms with Crippen LogP contribution in [0.5, 0.6) is 0 Å². The minimum Gasteiger partial charge on any atom is -0.508 e. The first-order chi connectivity index (χ1) is 9.67. The Kier molecular flexibility index (Phi) is 7.78. The van der Waals surface area contributed by atoms with E-state index in [4.69, 9.17) is 4.74 Å². The lowest BCUT2D eigenvalue weighted by Crippen LogP contribution is -2.02. The van der Waals surface area contributed by atoms with Crippen LogP contribution in [0.1, 0.15) is 58.3 Å². The molecule has 1 aliphatic rings. The van der Waals surface area contributed by atoms with Crippen LogP contribution in [0.3, 0.4) is 0 Å². The maximum absolute atomic E-state index is 11.7. The Labute approximate surface area is 122 Å². The van der Waals surface area contributed by atoms with E-state index in [2.05, 4.69) is 6.92 Å². The number of aliphatic hydroxyl groups is 1. The largest absolute Gasteiger partial charge is 0.508 e. The van der Waals surface area contributed by atoms with Crippen LogP contribution >= 0.6 is 0 Å². The highest BCUT2D eigenvalue weighted by Crippen LogP contribution is 2.25. The van der Waals surface area contributed by atoms with E-state index in [1.807, 2.05) is 12.2 Å². The molecule has 1 aliphatic carbocycles. The second-order valence-electron chi connectivity index (χ2n) is 5.18. The number of carbonyl (C=O) groups excluding carboxylic acids is 1. The Morgan fingerprint density at radius 2 is 2.20 bits per heavy atom. The summed E-state index contributed by atoms with van der Waals surface area (Å²) in [5.41, 5.74) is 1.17.